The van der Waals surface area contributed by atoms with Crippen LogP contribution in [-0.4, -0.2) is 30.7 Å². The zero-order valence-corrected chi connectivity index (χ0v) is 12.0. The fourth-order valence-electron chi connectivity index (χ4n) is 3.48. The van der Waals surface area contributed by atoms with E-state index < -0.39 is 0 Å². The van der Waals surface area contributed by atoms with Crippen LogP contribution in [0.15, 0.2) is 0 Å². The highest BCUT2D eigenvalue weighted by Gasteiger charge is 2.21. The maximum Gasteiger partial charge on any atom is 0.00817 e. The van der Waals surface area contributed by atoms with E-state index in [1.165, 1.54) is 64.3 Å². The summed E-state index contributed by atoms with van der Waals surface area (Å²) < 4.78 is 0. The highest BCUT2D eigenvalue weighted by atomic mass is 15.0. The number of rotatable bonds is 4. The second kappa shape index (κ2) is 7.46. The molecule has 1 heterocycles. The molecule has 0 aromatic carbocycles. The molecule has 0 aromatic rings. The highest BCUT2D eigenvalue weighted by molar-refractivity contribution is 4.83. The van der Waals surface area contributed by atoms with Gasteiger partial charge in [0.15, 0.2) is 0 Å². The minimum absolute atomic E-state index is 0.460. The normalized spacial score (nSPS) is 36.0. The largest absolute Gasteiger partial charge is 0.328 e. The van der Waals surface area contributed by atoms with Crippen LogP contribution in [0.4, 0.5) is 0 Å². The lowest BCUT2D eigenvalue weighted by Crippen LogP contribution is -2.44. The fourth-order valence-corrected chi connectivity index (χ4v) is 3.48. The third-order valence-electron chi connectivity index (χ3n) is 4.59. The fraction of sp³-hybridized carbons (Fsp3) is 1.00. The first kappa shape index (κ1) is 14.3. The molecule has 1 saturated carbocycles. The van der Waals surface area contributed by atoms with Crippen molar-refractivity contribution in [3.05, 3.63) is 0 Å². The van der Waals surface area contributed by atoms with Crippen molar-refractivity contribution in [1.29, 1.82) is 0 Å². The molecule has 2 rings (SSSR count). The SMILES string of the molecule is CC(CC1CCCCCN1)NC1CCC(N)CC1. The van der Waals surface area contributed by atoms with E-state index >= 15 is 0 Å². The molecule has 3 nitrogen and oxygen atoms in total. The Balaban J connectivity index is 1.66. The first-order chi connectivity index (χ1) is 8.74. The molecular weight excluding hydrogens is 222 g/mol. The second-order valence-corrected chi connectivity index (χ2v) is 6.42. The molecule has 3 heteroatoms. The Labute approximate surface area is 112 Å². The van der Waals surface area contributed by atoms with Crippen molar-refractivity contribution in [2.75, 3.05) is 6.54 Å². The van der Waals surface area contributed by atoms with Gasteiger partial charge in [-0.25, -0.2) is 0 Å². The molecule has 18 heavy (non-hydrogen) atoms. The third-order valence-corrected chi connectivity index (χ3v) is 4.59. The molecule has 0 aromatic heterocycles. The molecule has 0 radical (unpaired) electrons. The second-order valence-electron chi connectivity index (χ2n) is 6.42. The summed E-state index contributed by atoms with van der Waals surface area (Å²) in [6, 6.07) is 2.55. The van der Waals surface area contributed by atoms with Crippen molar-refractivity contribution in [3.63, 3.8) is 0 Å². The van der Waals surface area contributed by atoms with Crippen LogP contribution >= 0.6 is 0 Å². The summed E-state index contributed by atoms with van der Waals surface area (Å²) in [7, 11) is 0. The highest BCUT2D eigenvalue weighted by Crippen LogP contribution is 2.19. The van der Waals surface area contributed by atoms with Crippen LogP contribution in [0, 0.1) is 0 Å². The molecule has 1 aliphatic heterocycles. The smallest absolute Gasteiger partial charge is 0.00817 e. The molecular formula is C15H31N3. The van der Waals surface area contributed by atoms with E-state index in [2.05, 4.69) is 17.6 Å². The van der Waals surface area contributed by atoms with Gasteiger partial charge in [-0.3, -0.25) is 0 Å². The van der Waals surface area contributed by atoms with Crippen LogP contribution in [-0.2, 0) is 0 Å². The molecule has 2 aliphatic rings. The van der Waals surface area contributed by atoms with Crippen molar-refractivity contribution in [1.82, 2.24) is 10.6 Å². The average Bonchev–Trinajstić information content (AvgIpc) is 2.61. The number of nitrogens with one attached hydrogen (secondary N) is 2. The summed E-state index contributed by atoms with van der Waals surface area (Å²) in [5.41, 5.74) is 5.96. The number of hydrogen-bond donors (Lipinski definition) is 3. The van der Waals surface area contributed by atoms with Crippen LogP contribution in [0.5, 0.6) is 0 Å². The van der Waals surface area contributed by atoms with Crippen molar-refractivity contribution >= 4 is 0 Å². The minimum atomic E-state index is 0.460. The molecule has 0 bridgehead atoms. The van der Waals surface area contributed by atoms with Gasteiger partial charge >= 0.3 is 0 Å². The molecule has 106 valence electrons. The Morgan fingerprint density at radius 1 is 1.11 bits per heavy atom. The van der Waals surface area contributed by atoms with Crippen molar-refractivity contribution in [2.45, 2.75) is 88.9 Å². The lowest BCUT2D eigenvalue weighted by molar-refractivity contribution is 0.299. The van der Waals surface area contributed by atoms with Gasteiger partial charge < -0.3 is 16.4 Å². The van der Waals surface area contributed by atoms with Gasteiger partial charge in [-0.05, 0) is 58.4 Å². The predicted octanol–water partition coefficient (Wildman–Crippen LogP) is 2.16. The Hall–Kier alpha value is -0.120. The van der Waals surface area contributed by atoms with Crippen molar-refractivity contribution < 1.29 is 0 Å². The molecule has 0 spiro atoms. The molecule has 2 fully saturated rings. The van der Waals surface area contributed by atoms with Gasteiger partial charge in [0.25, 0.3) is 0 Å². The van der Waals surface area contributed by atoms with Crippen LogP contribution in [0.3, 0.4) is 0 Å². The Morgan fingerprint density at radius 2 is 1.89 bits per heavy atom. The Bertz CT molecular complexity index is 216. The van der Waals surface area contributed by atoms with E-state index in [9.17, 15) is 0 Å². The van der Waals surface area contributed by atoms with Crippen LogP contribution in [0.1, 0.15) is 64.7 Å². The zero-order valence-electron chi connectivity index (χ0n) is 12.0. The van der Waals surface area contributed by atoms with Crippen molar-refractivity contribution in [2.24, 2.45) is 5.73 Å². The van der Waals surface area contributed by atoms with Gasteiger partial charge in [-0.15, -0.1) is 0 Å². The van der Waals surface area contributed by atoms with Crippen LogP contribution < -0.4 is 16.4 Å². The third kappa shape index (κ3) is 4.87. The molecule has 1 saturated heterocycles. The zero-order chi connectivity index (χ0) is 12.8. The summed E-state index contributed by atoms with van der Waals surface area (Å²) in [4.78, 5) is 0. The Morgan fingerprint density at radius 3 is 2.67 bits per heavy atom. The standard InChI is InChI=1S/C15H31N3/c1-12(11-15-5-3-2-4-10-17-15)18-14-8-6-13(16)7-9-14/h12-15,17-18H,2-11,16H2,1H3. The van der Waals surface area contributed by atoms with E-state index in [-0.39, 0.29) is 0 Å². The quantitative estimate of drug-likeness (QED) is 0.719. The van der Waals surface area contributed by atoms with Crippen molar-refractivity contribution in [3.8, 4) is 0 Å². The van der Waals surface area contributed by atoms with Gasteiger partial charge in [0, 0.05) is 24.2 Å². The van der Waals surface area contributed by atoms with Gasteiger partial charge in [-0.2, -0.15) is 0 Å². The molecule has 2 unspecified atom stereocenters. The van der Waals surface area contributed by atoms with Gasteiger partial charge in [0.2, 0.25) is 0 Å². The van der Waals surface area contributed by atoms with E-state index in [4.69, 9.17) is 5.73 Å². The predicted molar refractivity (Wildman–Crippen MR) is 77.7 cm³/mol. The Kier molecular flexibility index (Phi) is 5.93. The summed E-state index contributed by atoms with van der Waals surface area (Å²) in [6.45, 7) is 3.57. The number of hydrogen-bond acceptors (Lipinski definition) is 3. The van der Waals surface area contributed by atoms with Gasteiger partial charge in [-0.1, -0.05) is 12.8 Å². The summed E-state index contributed by atoms with van der Waals surface area (Å²) in [5, 5.41) is 7.51. The van der Waals surface area contributed by atoms with Gasteiger partial charge in [0.1, 0.15) is 0 Å². The first-order valence-electron chi connectivity index (χ1n) is 7.99. The van der Waals surface area contributed by atoms with E-state index in [0.717, 1.165) is 6.04 Å². The average molecular weight is 253 g/mol. The van der Waals surface area contributed by atoms with Gasteiger partial charge in [0.05, 0.1) is 0 Å². The first-order valence-corrected chi connectivity index (χ1v) is 7.99. The molecule has 0 amide bonds. The maximum absolute atomic E-state index is 5.96. The molecule has 4 N–H and O–H groups in total. The topological polar surface area (TPSA) is 50.1 Å². The number of nitrogens with two attached hydrogens (primary N) is 1. The molecule has 2 atom stereocenters. The molecule has 1 aliphatic carbocycles. The van der Waals surface area contributed by atoms with E-state index in [0.29, 0.717) is 18.1 Å². The lowest BCUT2D eigenvalue weighted by atomic mass is 9.91. The monoisotopic (exact) mass is 253 g/mol. The van der Waals surface area contributed by atoms with E-state index in [1.807, 2.05) is 0 Å². The summed E-state index contributed by atoms with van der Waals surface area (Å²) >= 11 is 0. The summed E-state index contributed by atoms with van der Waals surface area (Å²) in [6.07, 6.45) is 11.8. The minimum Gasteiger partial charge on any atom is -0.328 e. The maximum atomic E-state index is 5.96. The van der Waals surface area contributed by atoms with E-state index in [1.54, 1.807) is 0 Å². The summed E-state index contributed by atoms with van der Waals surface area (Å²) in [5.74, 6) is 0. The van der Waals surface area contributed by atoms with Crippen LogP contribution in [0.25, 0.3) is 0 Å². The lowest BCUT2D eigenvalue weighted by Gasteiger charge is -2.31. The van der Waals surface area contributed by atoms with Crippen LogP contribution in [0.2, 0.25) is 0 Å².